The summed E-state index contributed by atoms with van der Waals surface area (Å²) in [6, 6.07) is 13.8. The van der Waals surface area contributed by atoms with Crippen LogP contribution in [0.5, 0.6) is 5.75 Å². The summed E-state index contributed by atoms with van der Waals surface area (Å²) >= 11 is 0. The van der Waals surface area contributed by atoms with Gasteiger partial charge in [0, 0.05) is 37.3 Å². The van der Waals surface area contributed by atoms with Gasteiger partial charge in [0.05, 0.1) is 16.8 Å². The SMILES string of the molecule is CCN(CC)C(=O)Oc1ccc2c(ccn2Cc2cccc(C)c2)c1NC(=O)c1cc(F)c(F)cc1F. The van der Waals surface area contributed by atoms with Gasteiger partial charge in [-0.2, -0.15) is 0 Å². The number of hydrogen-bond acceptors (Lipinski definition) is 3. The van der Waals surface area contributed by atoms with Gasteiger partial charge in [0.25, 0.3) is 5.91 Å². The number of aromatic nitrogens is 1. The number of anilines is 1. The summed E-state index contributed by atoms with van der Waals surface area (Å²) in [6.07, 6.45) is 1.19. The van der Waals surface area contributed by atoms with Crippen LogP contribution in [0.1, 0.15) is 35.3 Å². The highest BCUT2D eigenvalue weighted by molar-refractivity contribution is 6.11. The van der Waals surface area contributed by atoms with Crippen molar-refractivity contribution >= 4 is 28.6 Å². The lowest BCUT2D eigenvalue weighted by Crippen LogP contribution is -2.33. The third-order valence-corrected chi connectivity index (χ3v) is 6.06. The van der Waals surface area contributed by atoms with Crippen LogP contribution in [-0.4, -0.2) is 34.6 Å². The number of rotatable bonds is 7. The monoisotopic (exact) mass is 509 g/mol. The molecule has 1 N–H and O–H groups in total. The number of halogens is 3. The molecule has 9 heteroatoms. The first kappa shape index (κ1) is 25.8. The average molecular weight is 510 g/mol. The second-order valence-corrected chi connectivity index (χ2v) is 8.54. The largest absolute Gasteiger partial charge is 0.415 e. The predicted octanol–water partition coefficient (Wildman–Crippen LogP) is 6.51. The Hall–Kier alpha value is -4.27. The molecule has 0 aliphatic heterocycles. The predicted molar refractivity (Wildman–Crippen MR) is 135 cm³/mol. The second kappa shape index (κ2) is 10.8. The smallest absolute Gasteiger partial charge is 0.408 e. The van der Waals surface area contributed by atoms with E-state index in [0.717, 1.165) is 11.1 Å². The Morgan fingerprint density at radius 3 is 2.38 bits per heavy atom. The molecule has 2 amide bonds. The Kier molecular flexibility index (Phi) is 7.52. The maximum absolute atomic E-state index is 14.3. The second-order valence-electron chi connectivity index (χ2n) is 8.54. The molecule has 0 aliphatic rings. The van der Waals surface area contributed by atoms with Gasteiger partial charge in [-0.1, -0.05) is 29.8 Å². The molecule has 4 aromatic rings. The van der Waals surface area contributed by atoms with E-state index in [9.17, 15) is 22.8 Å². The van der Waals surface area contributed by atoms with Gasteiger partial charge in [0.15, 0.2) is 17.4 Å². The van der Waals surface area contributed by atoms with Crippen molar-refractivity contribution in [3.05, 3.63) is 94.9 Å². The fourth-order valence-electron chi connectivity index (χ4n) is 4.13. The van der Waals surface area contributed by atoms with Crippen molar-refractivity contribution in [2.45, 2.75) is 27.3 Å². The Morgan fingerprint density at radius 2 is 1.68 bits per heavy atom. The lowest BCUT2D eigenvalue weighted by Gasteiger charge is -2.20. The Morgan fingerprint density at radius 1 is 0.946 bits per heavy atom. The molecule has 4 rings (SSSR count). The standard InChI is InChI=1S/C28H26F3N3O3/c1-4-33(5-2)28(36)37-25-10-9-24-19(11-12-34(24)16-18-8-6-7-17(3)13-18)26(25)32-27(35)20-14-22(30)23(31)15-21(20)29/h6-15H,4-5,16H2,1-3H3,(H,32,35). The number of fused-ring (bicyclic) bond motifs is 1. The molecule has 0 unspecified atom stereocenters. The normalized spacial score (nSPS) is 11.0. The van der Waals surface area contributed by atoms with Crippen molar-refractivity contribution in [3.63, 3.8) is 0 Å². The first-order chi connectivity index (χ1) is 17.7. The molecule has 0 spiro atoms. The first-order valence-electron chi connectivity index (χ1n) is 11.8. The molecule has 192 valence electrons. The molecule has 0 radical (unpaired) electrons. The molecule has 6 nitrogen and oxygen atoms in total. The number of ether oxygens (including phenoxy) is 1. The van der Waals surface area contributed by atoms with Crippen molar-refractivity contribution in [2.24, 2.45) is 0 Å². The van der Waals surface area contributed by atoms with Gasteiger partial charge in [-0.15, -0.1) is 0 Å². The first-order valence-corrected chi connectivity index (χ1v) is 11.8. The minimum atomic E-state index is -1.40. The van der Waals surface area contributed by atoms with Crippen molar-refractivity contribution in [3.8, 4) is 5.75 Å². The van der Waals surface area contributed by atoms with Crippen LogP contribution in [0.25, 0.3) is 10.9 Å². The summed E-state index contributed by atoms with van der Waals surface area (Å²) in [5, 5.41) is 3.07. The van der Waals surface area contributed by atoms with Gasteiger partial charge in [-0.3, -0.25) is 4.79 Å². The number of amides is 2. The number of carbonyl (C=O) groups is 2. The highest BCUT2D eigenvalue weighted by Crippen LogP contribution is 2.35. The summed E-state index contributed by atoms with van der Waals surface area (Å²) in [6.45, 7) is 6.95. The summed E-state index contributed by atoms with van der Waals surface area (Å²) in [5.74, 6) is -4.97. The maximum atomic E-state index is 14.3. The molecular formula is C28H26F3N3O3. The van der Waals surface area contributed by atoms with Crippen LogP contribution in [-0.2, 0) is 6.54 Å². The molecule has 0 atom stereocenters. The zero-order valence-electron chi connectivity index (χ0n) is 20.6. The molecule has 1 heterocycles. The Balaban J connectivity index is 1.77. The van der Waals surface area contributed by atoms with Crippen LogP contribution >= 0.6 is 0 Å². The topological polar surface area (TPSA) is 63.6 Å². The zero-order valence-corrected chi connectivity index (χ0v) is 20.6. The highest BCUT2D eigenvalue weighted by atomic mass is 19.2. The number of nitrogens with one attached hydrogen (secondary N) is 1. The van der Waals surface area contributed by atoms with Crippen LogP contribution in [0.4, 0.5) is 23.7 Å². The summed E-state index contributed by atoms with van der Waals surface area (Å²) in [5.41, 5.74) is 2.31. The van der Waals surface area contributed by atoms with Crippen LogP contribution in [0.3, 0.4) is 0 Å². The van der Waals surface area contributed by atoms with Crippen LogP contribution < -0.4 is 10.1 Å². The molecule has 0 bridgehead atoms. The van der Waals surface area contributed by atoms with E-state index in [1.165, 1.54) is 11.0 Å². The quantitative estimate of drug-likeness (QED) is 0.289. The minimum absolute atomic E-state index is 0.0362. The van der Waals surface area contributed by atoms with Crippen LogP contribution in [0, 0.1) is 24.4 Å². The van der Waals surface area contributed by atoms with Crippen molar-refractivity contribution in [2.75, 3.05) is 18.4 Å². The zero-order chi connectivity index (χ0) is 26.7. The third-order valence-electron chi connectivity index (χ3n) is 6.06. The van der Waals surface area contributed by atoms with Crippen molar-refractivity contribution in [1.82, 2.24) is 9.47 Å². The number of aryl methyl sites for hydroxylation is 1. The number of hydrogen-bond donors (Lipinski definition) is 1. The molecule has 0 saturated carbocycles. The molecular weight excluding hydrogens is 483 g/mol. The van der Waals surface area contributed by atoms with E-state index in [-0.39, 0.29) is 11.4 Å². The summed E-state index contributed by atoms with van der Waals surface area (Å²) < 4.78 is 49.0. The van der Waals surface area contributed by atoms with Gasteiger partial charge >= 0.3 is 6.09 Å². The highest BCUT2D eigenvalue weighted by Gasteiger charge is 2.22. The van der Waals surface area contributed by atoms with E-state index < -0.39 is 35.0 Å². The molecule has 0 aliphatic carbocycles. The van der Waals surface area contributed by atoms with Crippen molar-refractivity contribution in [1.29, 1.82) is 0 Å². The van der Waals surface area contributed by atoms with E-state index in [4.69, 9.17) is 4.74 Å². The van der Waals surface area contributed by atoms with Crippen LogP contribution in [0.15, 0.2) is 60.8 Å². The lowest BCUT2D eigenvalue weighted by atomic mass is 10.1. The molecule has 0 fully saturated rings. The van der Waals surface area contributed by atoms with Gasteiger partial charge in [0.1, 0.15) is 5.82 Å². The average Bonchev–Trinajstić information content (AvgIpc) is 3.26. The lowest BCUT2D eigenvalue weighted by molar-refractivity contribution is 0.102. The van der Waals surface area contributed by atoms with Crippen molar-refractivity contribution < 1.29 is 27.5 Å². The Bertz CT molecular complexity index is 1480. The maximum Gasteiger partial charge on any atom is 0.415 e. The van der Waals surface area contributed by atoms with Gasteiger partial charge < -0.3 is 19.5 Å². The third kappa shape index (κ3) is 5.45. The van der Waals surface area contributed by atoms with E-state index in [2.05, 4.69) is 11.4 Å². The molecule has 37 heavy (non-hydrogen) atoms. The van der Waals surface area contributed by atoms with E-state index in [1.807, 2.05) is 35.9 Å². The van der Waals surface area contributed by atoms with E-state index >= 15 is 0 Å². The fourth-order valence-corrected chi connectivity index (χ4v) is 4.13. The molecule has 1 aromatic heterocycles. The van der Waals surface area contributed by atoms with E-state index in [0.29, 0.717) is 42.7 Å². The number of carbonyl (C=O) groups excluding carboxylic acids is 2. The van der Waals surface area contributed by atoms with Crippen LogP contribution in [0.2, 0.25) is 0 Å². The number of benzene rings is 3. The molecule has 0 saturated heterocycles. The van der Waals surface area contributed by atoms with E-state index in [1.54, 1.807) is 26.0 Å². The minimum Gasteiger partial charge on any atom is -0.408 e. The summed E-state index contributed by atoms with van der Waals surface area (Å²) in [7, 11) is 0. The molecule has 3 aromatic carbocycles. The van der Waals surface area contributed by atoms with Gasteiger partial charge in [-0.25, -0.2) is 18.0 Å². The van der Waals surface area contributed by atoms with Gasteiger partial charge in [-0.05, 0) is 50.6 Å². The summed E-state index contributed by atoms with van der Waals surface area (Å²) in [4.78, 5) is 27.1. The number of nitrogens with zero attached hydrogens (tertiary/aromatic N) is 2. The van der Waals surface area contributed by atoms with Gasteiger partial charge in [0.2, 0.25) is 0 Å². The fraction of sp³-hybridized carbons (Fsp3) is 0.214. The Labute approximate surface area is 212 Å².